The number of hydrogen-bond acceptors (Lipinski definition) is 3. The van der Waals surface area contributed by atoms with Crippen molar-refractivity contribution >= 4 is 10.0 Å². The zero-order valence-electron chi connectivity index (χ0n) is 12.9. The minimum absolute atomic E-state index is 0.124. The number of rotatable bonds is 8. The SMILES string of the molecule is CCCNC(CC)c1cccc(S(=O)(=O)NC2CCC2)c1. The Bertz CT molecular complexity index is 553. The highest BCUT2D eigenvalue weighted by molar-refractivity contribution is 7.89. The van der Waals surface area contributed by atoms with Crippen molar-refractivity contribution in [3.63, 3.8) is 0 Å². The monoisotopic (exact) mass is 310 g/mol. The molecule has 0 aromatic heterocycles. The summed E-state index contributed by atoms with van der Waals surface area (Å²) in [4.78, 5) is 0.378. The fraction of sp³-hybridized carbons (Fsp3) is 0.625. The van der Waals surface area contributed by atoms with E-state index in [2.05, 4.69) is 23.9 Å². The maximum Gasteiger partial charge on any atom is 0.240 e. The van der Waals surface area contributed by atoms with Crippen LogP contribution < -0.4 is 10.0 Å². The molecule has 1 aromatic carbocycles. The summed E-state index contributed by atoms with van der Waals surface area (Å²) < 4.78 is 27.6. The second-order valence-corrected chi connectivity index (χ2v) is 7.45. The first-order chi connectivity index (χ1) is 10.1. The quantitative estimate of drug-likeness (QED) is 0.776. The Kier molecular flexibility index (Phi) is 5.79. The lowest BCUT2D eigenvalue weighted by molar-refractivity contribution is 0.383. The summed E-state index contributed by atoms with van der Waals surface area (Å²) in [5, 5.41) is 3.46. The van der Waals surface area contributed by atoms with E-state index in [-0.39, 0.29) is 12.1 Å². The van der Waals surface area contributed by atoms with E-state index in [9.17, 15) is 8.42 Å². The van der Waals surface area contributed by atoms with Gasteiger partial charge in [-0.05, 0) is 49.9 Å². The van der Waals surface area contributed by atoms with Gasteiger partial charge in [-0.15, -0.1) is 0 Å². The van der Waals surface area contributed by atoms with Gasteiger partial charge < -0.3 is 5.32 Å². The summed E-state index contributed by atoms with van der Waals surface area (Å²) >= 11 is 0. The highest BCUT2D eigenvalue weighted by Crippen LogP contribution is 2.23. The van der Waals surface area contributed by atoms with Gasteiger partial charge in [0.05, 0.1) is 4.90 Å². The van der Waals surface area contributed by atoms with Gasteiger partial charge in [-0.2, -0.15) is 0 Å². The van der Waals surface area contributed by atoms with Crippen LogP contribution in [0.5, 0.6) is 0 Å². The molecular formula is C16H26N2O2S. The molecule has 0 saturated heterocycles. The van der Waals surface area contributed by atoms with E-state index < -0.39 is 10.0 Å². The summed E-state index contributed by atoms with van der Waals surface area (Å²) in [7, 11) is -3.38. The smallest absolute Gasteiger partial charge is 0.240 e. The van der Waals surface area contributed by atoms with E-state index in [0.29, 0.717) is 4.90 Å². The van der Waals surface area contributed by atoms with Gasteiger partial charge in [0.15, 0.2) is 0 Å². The van der Waals surface area contributed by atoms with E-state index in [1.54, 1.807) is 12.1 Å². The van der Waals surface area contributed by atoms with E-state index in [1.165, 1.54) is 0 Å². The second kappa shape index (κ2) is 7.38. The van der Waals surface area contributed by atoms with Gasteiger partial charge in [0.1, 0.15) is 0 Å². The zero-order chi connectivity index (χ0) is 15.3. The standard InChI is InChI=1S/C16H26N2O2S/c1-3-11-17-16(4-2)13-7-5-10-15(12-13)21(19,20)18-14-8-6-9-14/h5,7,10,12,14,16-18H,3-4,6,8-9,11H2,1-2H3. The molecule has 1 aromatic rings. The van der Waals surface area contributed by atoms with Crippen molar-refractivity contribution in [2.75, 3.05) is 6.54 Å². The Labute approximate surface area is 128 Å². The second-order valence-electron chi connectivity index (χ2n) is 5.74. The first-order valence-electron chi connectivity index (χ1n) is 7.92. The molecule has 0 aliphatic heterocycles. The number of nitrogens with one attached hydrogen (secondary N) is 2. The van der Waals surface area contributed by atoms with Crippen LogP contribution >= 0.6 is 0 Å². The summed E-state index contributed by atoms with van der Waals surface area (Å²) in [6.07, 6.45) is 5.03. The third-order valence-electron chi connectivity index (χ3n) is 4.05. The topological polar surface area (TPSA) is 58.2 Å². The van der Waals surface area contributed by atoms with Crippen molar-refractivity contribution in [2.24, 2.45) is 0 Å². The largest absolute Gasteiger partial charge is 0.310 e. The summed E-state index contributed by atoms with van der Waals surface area (Å²) in [6.45, 7) is 5.18. The highest BCUT2D eigenvalue weighted by Gasteiger charge is 2.25. The van der Waals surface area contributed by atoms with Crippen molar-refractivity contribution in [3.8, 4) is 0 Å². The van der Waals surface area contributed by atoms with Gasteiger partial charge in [-0.1, -0.05) is 32.4 Å². The van der Waals surface area contributed by atoms with Gasteiger partial charge in [0, 0.05) is 12.1 Å². The maximum absolute atomic E-state index is 12.4. The molecule has 0 spiro atoms. The van der Waals surface area contributed by atoms with E-state index >= 15 is 0 Å². The van der Waals surface area contributed by atoms with Gasteiger partial charge >= 0.3 is 0 Å². The van der Waals surface area contributed by atoms with Crippen LogP contribution in [0.25, 0.3) is 0 Å². The molecule has 1 unspecified atom stereocenters. The van der Waals surface area contributed by atoms with Crippen LogP contribution in [0.4, 0.5) is 0 Å². The minimum Gasteiger partial charge on any atom is -0.310 e. The summed E-state index contributed by atoms with van der Waals surface area (Å²) in [5.41, 5.74) is 1.04. The van der Waals surface area contributed by atoms with Crippen molar-refractivity contribution < 1.29 is 8.42 Å². The third-order valence-corrected chi connectivity index (χ3v) is 5.56. The molecule has 1 fully saturated rings. The molecule has 2 rings (SSSR count). The van der Waals surface area contributed by atoms with Crippen molar-refractivity contribution in [3.05, 3.63) is 29.8 Å². The summed E-state index contributed by atoms with van der Waals surface area (Å²) in [5.74, 6) is 0. The van der Waals surface area contributed by atoms with Gasteiger partial charge in [0.25, 0.3) is 0 Å². The van der Waals surface area contributed by atoms with Crippen LogP contribution in [0.2, 0.25) is 0 Å². The maximum atomic E-state index is 12.4. The van der Waals surface area contributed by atoms with Crippen molar-refractivity contribution in [2.45, 2.75) is 62.9 Å². The third kappa shape index (κ3) is 4.28. The van der Waals surface area contributed by atoms with Crippen LogP contribution in [-0.2, 0) is 10.0 Å². The van der Waals surface area contributed by atoms with E-state index in [4.69, 9.17) is 0 Å². The fourth-order valence-corrected chi connectivity index (χ4v) is 3.89. The van der Waals surface area contributed by atoms with Crippen LogP contribution in [-0.4, -0.2) is 21.0 Å². The molecule has 1 saturated carbocycles. The molecule has 0 heterocycles. The van der Waals surface area contributed by atoms with E-state index in [0.717, 1.165) is 44.2 Å². The minimum atomic E-state index is -3.38. The average molecular weight is 310 g/mol. The Morgan fingerprint density at radius 2 is 2.05 bits per heavy atom. The molecule has 1 atom stereocenters. The normalized spacial score (nSPS) is 17.4. The lowest BCUT2D eigenvalue weighted by Gasteiger charge is -2.26. The Morgan fingerprint density at radius 3 is 2.62 bits per heavy atom. The molecule has 0 bridgehead atoms. The lowest BCUT2D eigenvalue weighted by Crippen LogP contribution is -2.39. The number of benzene rings is 1. The molecule has 4 nitrogen and oxygen atoms in total. The average Bonchev–Trinajstić information content (AvgIpc) is 2.44. The fourth-order valence-electron chi connectivity index (χ4n) is 2.53. The van der Waals surface area contributed by atoms with Gasteiger partial charge in [0.2, 0.25) is 10.0 Å². The van der Waals surface area contributed by atoms with Crippen LogP contribution in [0.15, 0.2) is 29.2 Å². The molecule has 1 aliphatic carbocycles. The van der Waals surface area contributed by atoms with Gasteiger partial charge in [-0.3, -0.25) is 0 Å². The molecule has 0 amide bonds. The van der Waals surface area contributed by atoms with Crippen LogP contribution in [0.1, 0.15) is 57.6 Å². The van der Waals surface area contributed by atoms with Crippen LogP contribution in [0.3, 0.4) is 0 Å². The molecule has 118 valence electrons. The number of hydrogen-bond donors (Lipinski definition) is 2. The molecule has 0 radical (unpaired) electrons. The molecule has 1 aliphatic rings. The number of sulfonamides is 1. The predicted octanol–water partition coefficient (Wildman–Crippen LogP) is 2.97. The van der Waals surface area contributed by atoms with Crippen LogP contribution in [0, 0.1) is 0 Å². The molecule has 2 N–H and O–H groups in total. The first kappa shape index (κ1) is 16.5. The lowest BCUT2D eigenvalue weighted by atomic mass is 9.94. The predicted molar refractivity (Wildman–Crippen MR) is 85.7 cm³/mol. The van der Waals surface area contributed by atoms with Crippen molar-refractivity contribution in [1.82, 2.24) is 10.0 Å². The molecule has 5 heteroatoms. The summed E-state index contributed by atoms with van der Waals surface area (Å²) in [6, 6.07) is 7.65. The Morgan fingerprint density at radius 1 is 1.29 bits per heavy atom. The molecular weight excluding hydrogens is 284 g/mol. The van der Waals surface area contributed by atoms with Crippen molar-refractivity contribution in [1.29, 1.82) is 0 Å². The first-order valence-corrected chi connectivity index (χ1v) is 9.40. The Hall–Kier alpha value is -0.910. The highest BCUT2D eigenvalue weighted by atomic mass is 32.2. The molecule has 21 heavy (non-hydrogen) atoms. The van der Waals surface area contributed by atoms with Gasteiger partial charge in [-0.25, -0.2) is 13.1 Å². The van der Waals surface area contributed by atoms with E-state index in [1.807, 2.05) is 12.1 Å². The zero-order valence-corrected chi connectivity index (χ0v) is 13.7. The Balaban J connectivity index is 2.15.